The van der Waals surface area contributed by atoms with Crippen LogP contribution in [0.25, 0.3) is 6.08 Å². The van der Waals surface area contributed by atoms with Gasteiger partial charge in [-0.3, -0.25) is 15.0 Å². The lowest BCUT2D eigenvalue weighted by Gasteiger charge is -2.16. The maximum Gasteiger partial charge on any atom is 0.0694 e. The van der Waals surface area contributed by atoms with E-state index in [0.717, 1.165) is 36.4 Å². The molecule has 0 atom stereocenters. The summed E-state index contributed by atoms with van der Waals surface area (Å²) >= 11 is 0. The molecule has 0 aliphatic carbocycles. The number of nitrogens with zero attached hydrogens (tertiary/aromatic N) is 3. The van der Waals surface area contributed by atoms with Crippen LogP contribution >= 0.6 is 0 Å². The van der Waals surface area contributed by atoms with Gasteiger partial charge in [0.15, 0.2) is 0 Å². The molecule has 0 bridgehead atoms. The molecule has 0 saturated heterocycles. The molecule has 0 N–H and O–H groups in total. The summed E-state index contributed by atoms with van der Waals surface area (Å²) in [5.74, 6) is 0. The van der Waals surface area contributed by atoms with Gasteiger partial charge in [-0.15, -0.1) is 0 Å². The molecule has 0 spiro atoms. The second-order valence-corrected chi connectivity index (χ2v) is 4.50. The molecular weight excluding hydrogens is 234 g/mol. The first-order valence-corrected chi connectivity index (χ1v) is 6.50. The summed E-state index contributed by atoms with van der Waals surface area (Å²) in [5, 5.41) is 0. The molecule has 2 aromatic rings. The Morgan fingerprint density at radius 3 is 2.84 bits per heavy atom. The number of aliphatic imine (C=N–C) groups is 1. The van der Waals surface area contributed by atoms with Crippen LogP contribution in [0.1, 0.15) is 24.1 Å². The van der Waals surface area contributed by atoms with Crippen LogP contribution in [0.2, 0.25) is 0 Å². The SMILES string of the molecule is C(=C1/CCCN=C1c1cccnc1)/c1ccccn1. The largest absolute Gasteiger partial charge is 0.284 e. The number of rotatable bonds is 2. The third kappa shape index (κ3) is 2.76. The summed E-state index contributed by atoms with van der Waals surface area (Å²) in [6, 6.07) is 9.96. The van der Waals surface area contributed by atoms with Gasteiger partial charge in [0.2, 0.25) is 0 Å². The molecule has 0 amide bonds. The fraction of sp³-hybridized carbons (Fsp3) is 0.188. The van der Waals surface area contributed by atoms with Gasteiger partial charge in [0.25, 0.3) is 0 Å². The first-order chi connectivity index (χ1) is 9.43. The number of hydrogen-bond donors (Lipinski definition) is 0. The maximum absolute atomic E-state index is 4.66. The molecule has 2 aromatic heterocycles. The van der Waals surface area contributed by atoms with Gasteiger partial charge >= 0.3 is 0 Å². The molecule has 1 aliphatic heterocycles. The first kappa shape index (κ1) is 11.8. The van der Waals surface area contributed by atoms with Crippen LogP contribution in [-0.2, 0) is 0 Å². The van der Waals surface area contributed by atoms with E-state index in [1.54, 1.807) is 6.20 Å². The molecule has 19 heavy (non-hydrogen) atoms. The first-order valence-electron chi connectivity index (χ1n) is 6.50. The smallest absolute Gasteiger partial charge is 0.0694 e. The Bertz CT molecular complexity index is 600. The second-order valence-electron chi connectivity index (χ2n) is 4.50. The van der Waals surface area contributed by atoms with Crippen LogP contribution in [0.4, 0.5) is 0 Å². The van der Waals surface area contributed by atoms with Crippen LogP contribution < -0.4 is 0 Å². The van der Waals surface area contributed by atoms with Gasteiger partial charge < -0.3 is 0 Å². The third-order valence-electron chi connectivity index (χ3n) is 3.12. The number of hydrogen-bond acceptors (Lipinski definition) is 3. The van der Waals surface area contributed by atoms with Crippen molar-refractivity contribution in [3.8, 4) is 0 Å². The van der Waals surface area contributed by atoms with E-state index in [-0.39, 0.29) is 0 Å². The minimum absolute atomic E-state index is 0.893. The number of pyridine rings is 2. The number of allylic oxidation sites excluding steroid dienone is 1. The Hall–Kier alpha value is -2.29. The Kier molecular flexibility index (Phi) is 3.45. The fourth-order valence-corrected chi connectivity index (χ4v) is 2.24. The lowest BCUT2D eigenvalue weighted by Crippen LogP contribution is -2.12. The lowest BCUT2D eigenvalue weighted by molar-refractivity contribution is 0.818. The molecule has 3 heteroatoms. The monoisotopic (exact) mass is 249 g/mol. The van der Waals surface area contributed by atoms with Crippen LogP contribution in [0.15, 0.2) is 59.5 Å². The zero-order valence-corrected chi connectivity index (χ0v) is 10.7. The molecule has 0 radical (unpaired) electrons. The van der Waals surface area contributed by atoms with Crippen molar-refractivity contribution in [2.75, 3.05) is 6.54 Å². The molecule has 0 aromatic carbocycles. The summed E-state index contributed by atoms with van der Waals surface area (Å²) in [5.41, 5.74) is 4.38. The average Bonchev–Trinajstić information content (AvgIpc) is 2.50. The second kappa shape index (κ2) is 5.57. The summed E-state index contributed by atoms with van der Waals surface area (Å²) < 4.78 is 0. The Labute approximate surface area is 112 Å². The molecule has 94 valence electrons. The van der Waals surface area contributed by atoms with Crippen LogP contribution in [0, 0.1) is 0 Å². The Balaban J connectivity index is 1.98. The maximum atomic E-state index is 4.66. The number of aromatic nitrogens is 2. The highest BCUT2D eigenvalue weighted by Gasteiger charge is 2.14. The van der Waals surface area contributed by atoms with E-state index in [4.69, 9.17) is 0 Å². The summed E-state index contributed by atoms with van der Waals surface area (Å²) in [6.07, 6.45) is 9.75. The van der Waals surface area contributed by atoms with Crippen molar-refractivity contribution in [1.82, 2.24) is 9.97 Å². The van der Waals surface area contributed by atoms with Crippen molar-refractivity contribution in [2.45, 2.75) is 12.8 Å². The predicted molar refractivity (Wildman–Crippen MR) is 77.1 cm³/mol. The van der Waals surface area contributed by atoms with Gasteiger partial charge in [-0.25, -0.2) is 0 Å². The van der Waals surface area contributed by atoms with Gasteiger partial charge in [-0.1, -0.05) is 6.07 Å². The van der Waals surface area contributed by atoms with E-state index in [1.807, 2.05) is 36.7 Å². The van der Waals surface area contributed by atoms with Gasteiger partial charge in [0.1, 0.15) is 0 Å². The molecule has 3 rings (SSSR count). The predicted octanol–water partition coefficient (Wildman–Crippen LogP) is 3.14. The van der Waals surface area contributed by atoms with Crippen molar-refractivity contribution in [3.63, 3.8) is 0 Å². The topological polar surface area (TPSA) is 38.1 Å². The average molecular weight is 249 g/mol. The highest BCUT2D eigenvalue weighted by Crippen LogP contribution is 2.21. The Morgan fingerprint density at radius 2 is 2.05 bits per heavy atom. The molecule has 1 aliphatic rings. The van der Waals surface area contributed by atoms with Gasteiger partial charge in [0, 0.05) is 30.7 Å². The highest BCUT2D eigenvalue weighted by molar-refractivity contribution is 6.15. The van der Waals surface area contributed by atoms with Crippen LogP contribution in [-0.4, -0.2) is 22.2 Å². The van der Waals surface area contributed by atoms with Crippen LogP contribution in [0.5, 0.6) is 0 Å². The molecule has 0 fully saturated rings. The highest BCUT2D eigenvalue weighted by atomic mass is 14.8. The summed E-state index contributed by atoms with van der Waals surface area (Å²) in [7, 11) is 0. The van der Waals surface area contributed by atoms with E-state index in [9.17, 15) is 0 Å². The van der Waals surface area contributed by atoms with Crippen LogP contribution in [0.3, 0.4) is 0 Å². The van der Waals surface area contributed by atoms with Crippen molar-refractivity contribution >= 4 is 11.8 Å². The zero-order valence-electron chi connectivity index (χ0n) is 10.7. The lowest BCUT2D eigenvalue weighted by atomic mass is 9.96. The minimum Gasteiger partial charge on any atom is -0.284 e. The van der Waals surface area contributed by atoms with Gasteiger partial charge in [-0.2, -0.15) is 0 Å². The van der Waals surface area contributed by atoms with Crippen molar-refractivity contribution in [2.24, 2.45) is 4.99 Å². The van der Waals surface area contributed by atoms with Crippen molar-refractivity contribution in [3.05, 3.63) is 65.8 Å². The minimum atomic E-state index is 0.893. The normalized spacial score (nSPS) is 17.3. The molecular formula is C16H15N3. The summed E-state index contributed by atoms with van der Waals surface area (Å²) in [6.45, 7) is 0.893. The molecule has 0 saturated carbocycles. The standard InChI is InChI=1S/C16H15N3/c1-2-9-18-15(7-1)11-13-5-4-10-19-16(13)14-6-3-8-17-12-14/h1-3,6-9,11-12H,4-5,10H2/b13-11+. The van der Waals surface area contributed by atoms with E-state index in [2.05, 4.69) is 27.1 Å². The third-order valence-corrected chi connectivity index (χ3v) is 3.12. The Morgan fingerprint density at radius 1 is 1.05 bits per heavy atom. The quantitative estimate of drug-likeness (QED) is 0.820. The van der Waals surface area contributed by atoms with Gasteiger partial charge in [-0.05, 0) is 48.8 Å². The van der Waals surface area contributed by atoms with E-state index in [0.29, 0.717) is 0 Å². The molecule has 0 unspecified atom stereocenters. The zero-order chi connectivity index (χ0) is 12.9. The van der Waals surface area contributed by atoms with E-state index < -0.39 is 0 Å². The van der Waals surface area contributed by atoms with Crippen molar-refractivity contribution in [1.29, 1.82) is 0 Å². The van der Waals surface area contributed by atoms with Crippen molar-refractivity contribution < 1.29 is 0 Å². The molecule has 3 heterocycles. The summed E-state index contributed by atoms with van der Waals surface area (Å²) in [4.78, 5) is 13.2. The van der Waals surface area contributed by atoms with E-state index in [1.165, 1.54) is 5.57 Å². The van der Waals surface area contributed by atoms with E-state index >= 15 is 0 Å². The fourth-order valence-electron chi connectivity index (χ4n) is 2.24. The van der Waals surface area contributed by atoms with Gasteiger partial charge in [0.05, 0.1) is 11.4 Å². The molecule has 3 nitrogen and oxygen atoms in total.